The topological polar surface area (TPSA) is 78.9 Å². The van der Waals surface area contributed by atoms with Crippen molar-refractivity contribution in [1.82, 2.24) is 0 Å². The SMILES string of the molecule is CC/C=C\C/C=C\C/C=C\C/C=C\C/C=C\C/C=C\CCC(=O)OC[C@H](COC(=O)CCCCCCCCCCCCCCCCCCC)OC(=O)CCCCCCCCCCCCCCC. The number of hydrogen-bond donors (Lipinski definition) is 0. The van der Waals surface area contributed by atoms with Crippen molar-refractivity contribution in [2.24, 2.45) is 0 Å². The highest BCUT2D eigenvalue weighted by Crippen LogP contribution is 2.16. The van der Waals surface area contributed by atoms with E-state index in [1.165, 1.54) is 154 Å². The van der Waals surface area contributed by atoms with Crippen LogP contribution in [0.5, 0.6) is 0 Å². The molecule has 0 bridgehead atoms. The van der Waals surface area contributed by atoms with Gasteiger partial charge in [0.2, 0.25) is 0 Å². The maximum absolute atomic E-state index is 12.8. The van der Waals surface area contributed by atoms with Crippen molar-refractivity contribution < 1.29 is 28.6 Å². The van der Waals surface area contributed by atoms with Gasteiger partial charge in [0.1, 0.15) is 13.2 Å². The standard InChI is InChI=1S/C61H106O6/c1-4-7-10-13-16-19-22-25-27-29-30-32-34-37-39-42-45-48-51-54-60(63)66-57-58(67-61(64)55-52-49-46-43-40-35-24-21-18-15-12-9-6-3)56-65-59(62)53-50-47-44-41-38-36-33-31-28-26-23-20-17-14-11-8-5-2/h7,10,16,19,25,27,30,32,37,39,45,48,58H,4-6,8-9,11-15,17-18,20-24,26,28-29,31,33-36,38,40-44,46-47,49-57H2,1-3H3/b10-7-,19-16-,27-25-,32-30-,39-37-,48-45-/t58-/m0/s1. The second-order valence-electron chi connectivity index (χ2n) is 18.8. The first-order valence-electron chi connectivity index (χ1n) is 28.4. The van der Waals surface area contributed by atoms with Crippen LogP contribution in [-0.4, -0.2) is 37.2 Å². The Morgan fingerprint density at radius 1 is 0.313 bits per heavy atom. The van der Waals surface area contributed by atoms with Crippen LogP contribution in [0.1, 0.15) is 278 Å². The summed E-state index contributed by atoms with van der Waals surface area (Å²) in [5.74, 6) is -0.972. The molecule has 0 saturated heterocycles. The van der Waals surface area contributed by atoms with Crippen LogP contribution < -0.4 is 0 Å². The van der Waals surface area contributed by atoms with Crippen molar-refractivity contribution in [3.63, 3.8) is 0 Å². The minimum absolute atomic E-state index is 0.0947. The smallest absolute Gasteiger partial charge is 0.306 e. The molecule has 0 aromatic carbocycles. The maximum Gasteiger partial charge on any atom is 0.306 e. The van der Waals surface area contributed by atoms with Gasteiger partial charge in [-0.3, -0.25) is 14.4 Å². The van der Waals surface area contributed by atoms with Gasteiger partial charge in [0.25, 0.3) is 0 Å². The zero-order valence-electron chi connectivity index (χ0n) is 44.2. The Labute approximate surface area is 414 Å². The van der Waals surface area contributed by atoms with E-state index in [4.69, 9.17) is 14.2 Å². The van der Waals surface area contributed by atoms with Gasteiger partial charge in [0, 0.05) is 19.3 Å². The van der Waals surface area contributed by atoms with Crippen LogP contribution in [-0.2, 0) is 28.6 Å². The van der Waals surface area contributed by atoms with E-state index in [2.05, 4.69) is 87.6 Å². The van der Waals surface area contributed by atoms with E-state index >= 15 is 0 Å². The van der Waals surface area contributed by atoms with Gasteiger partial charge in [0.05, 0.1) is 0 Å². The predicted molar refractivity (Wildman–Crippen MR) is 288 cm³/mol. The Kier molecular flexibility index (Phi) is 52.8. The Morgan fingerprint density at radius 3 is 0.910 bits per heavy atom. The van der Waals surface area contributed by atoms with Gasteiger partial charge in [-0.05, 0) is 57.8 Å². The van der Waals surface area contributed by atoms with Gasteiger partial charge in [-0.25, -0.2) is 0 Å². The van der Waals surface area contributed by atoms with Crippen LogP contribution in [0.2, 0.25) is 0 Å². The molecular weight excluding hydrogens is 829 g/mol. The Balaban J connectivity index is 4.44. The third-order valence-electron chi connectivity index (χ3n) is 12.2. The monoisotopic (exact) mass is 935 g/mol. The molecule has 0 unspecified atom stereocenters. The average molecular weight is 936 g/mol. The molecule has 0 N–H and O–H groups in total. The van der Waals surface area contributed by atoms with E-state index in [1.807, 2.05) is 6.08 Å². The Hall–Kier alpha value is -3.15. The molecule has 0 amide bonds. The summed E-state index contributed by atoms with van der Waals surface area (Å²) in [7, 11) is 0. The van der Waals surface area contributed by atoms with E-state index in [-0.39, 0.29) is 37.5 Å². The zero-order valence-corrected chi connectivity index (χ0v) is 44.2. The van der Waals surface area contributed by atoms with Crippen LogP contribution in [0.3, 0.4) is 0 Å². The number of carbonyl (C=O) groups excluding carboxylic acids is 3. The summed E-state index contributed by atoms with van der Waals surface area (Å²) in [5.41, 5.74) is 0. The molecule has 0 aliphatic rings. The quantitative estimate of drug-likeness (QED) is 0.0262. The molecule has 6 heteroatoms. The molecule has 0 saturated carbocycles. The molecule has 0 fully saturated rings. The molecule has 6 nitrogen and oxygen atoms in total. The first-order valence-corrected chi connectivity index (χ1v) is 28.4. The van der Waals surface area contributed by atoms with Crippen LogP contribution >= 0.6 is 0 Å². The summed E-state index contributed by atoms with van der Waals surface area (Å²) in [6.07, 6.45) is 70.4. The molecular formula is C61H106O6. The van der Waals surface area contributed by atoms with Crippen molar-refractivity contribution >= 4 is 17.9 Å². The van der Waals surface area contributed by atoms with Crippen molar-refractivity contribution in [3.05, 3.63) is 72.9 Å². The Morgan fingerprint density at radius 2 is 0.582 bits per heavy atom. The fraction of sp³-hybridized carbons (Fsp3) is 0.754. The first-order chi connectivity index (χ1) is 33.0. The molecule has 386 valence electrons. The molecule has 0 radical (unpaired) electrons. The van der Waals surface area contributed by atoms with Gasteiger partial charge >= 0.3 is 17.9 Å². The second-order valence-corrected chi connectivity index (χ2v) is 18.8. The lowest BCUT2D eigenvalue weighted by Gasteiger charge is -2.18. The zero-order chi connectivity index (χ0) is 48.6. The minimum atomic E-state index is -0.802. The minimum Gasteiger partial charge on any atom is -0.462 e. The molecule has 0 aliphatic heterocycles. The van der Waals surface area contributed by atoms with Gasteiger partial charge in [-0.2, -0.15) is 0 Å². The highest BCUT2D eigenvalue weighted by atomic mass is 16.6. The predicted octanol–water partition coefficient (Wildman–Crippen LogP) is 19.0. The molecule has 0 rings (SSSR count). The molecule has 67 heavy (non-hydrogen) atoms. The largest absolute Gasteiger partial charge is 0.462 e. The highest BCUT2D eigenvalue weighted by molar-refractivity contribution is 5.71. The first kappa shape index (κ1) is 63.8. The van der Waals surface area contributed by atoms with E-state index in [1.54, 1.807) is 0 Å². The van der Waals surface area contributed by atoms with Crippen LogP contribution in [0.25, 0.3) is 0 Å². The highest BCUT2D eigenvalue weighted by Gasteiger charge is 2.19. The number of hydrogen-bond acceptors (Lipinski definition) is 6. The molecule has 0 aromatic heterocycles. The summed E-state index contributed by atoms with van der Waals surface area (Å²) in [5, 5.41) is 0. The fourth-order valence-corrected chi connectivity index (χ4v) is 8.00. The fourth-order valence-electron chi connectivity index (χ4n) is 8.00. The summed E-state index contributed by atoms with van der Waals surface area (Å²) >= 11 is 0. The van der Waals surface area contributed by atoms with Crippen LogP contribution in [0.15, 0.2) is 72.9 Å². The third-order valence-corrected chi connectivity index (χ3v) is 12.2. The summed E-state index contributed by atoms with van der Waals surface area (Å²) < 4.78 is 16.8. The lowest BCUT2D eigenvalue weighted by molar-refractivity contribution is -0.166. The van der Waals surface area contributed by atoms with E-state index in [9.17, 15) is 14.4 Å². The van der Waals surface area contributed by atoms with Crippen LogP contribution in [0.4, 0.5) is 0 Å². The van der Waals surface area contributed by atoms with Gasteiger partial charge < -0.3 is 14.2 Å². The van der Waals surface area contributed by atoms with Crippen molar-refractivity contribution in [2.45, 2.75) is 284 Å². The van der Waals surface area contributed by atoms with Crippen LogP contribution in [0, 0.1) is 0 Å². The maximum atomic E-state index is 12.8. The number of esters is 3. The number of allylic oxidation sites excluding steroid dienone is 12. The van der Waals surface area contributed by atoms with Gasteiger partial charge in [-0.15, -0.1) is 0 Å². The van der Waals surface area contributed by atoms with Gasteiger partial charge in [0.15, 0.2) is 6.10 Å². The van der Waals surface area contributed by atoms with Crippen molar-refractivity contribution in [3.8, 4) is 0 Å². The van der Waals surface area contributed by atoms with E-state index in [0.717, 1.165) is 77.0 Å². The number of rotatable bonds is 51. The van der Waals surface area contributed by atoms with Crippen molar-refractivity contribution in [2.75, 3.05) is 13.2 Å². The molecule has 0 aliphatic carbocycles. The third kappa shape index (κ3) is 53.7. The molecule has 0 aromatic rings. The molecule has 0 heterocycles. The van der Waals surface area contributed by atoms with Crippen molar-refractivity contribution in [1.29, 1.82) is 0 Å². The van der Waals surface area contributed by atoms with E-state index < -0.39 is 6.10 Å². The lowest BCUT2D eigenvalue weighted by Crippen LogP contribution is -2.30. The average Bonchev–Trinajstić information content (AvgIpc) is 3.33. The van der Waals surface area contributed by atoms with E-state index in [0.29, 0.717) is 19.3 Å². The number of ether oxygens (including phenoxy) is 3. The number of unbranched alkanes of at least 4 members (excludes halogenated alkanes) is 28. The summed E-state index contributed by atoms with van der Waals surface area (Å²) in [4.78, 5) is 38.1. The molecule has 0 spiro atoms. The Bertz CT molecular complexity index is 1260. The lowest BCUT2D eigenvalue weighted by atomic mass is 10.0. The van der Waals surface area contributed by atoms with Gasteiger partial charge in [-0.1, -0.05) is 273 Å². The summed E-state index contributed by atoms with van der Waals surface area (Å²) in [6, 6.07) is 0. The second kappa shape index (κ2) is 55.4. The molecule has 1 atom stereocenters. The normalized spacial score (nSPS) is 12.6. The number of carbonyl (C=O) groups is 3. The summed E-state index contributed by atoms with van der Waals surface area (Å²) in [6.45, 7) is 6.49.